The Hall–Kier alpha value is -2.08. The van der Waals surface area contributed by atoms with Gasteiger partial charge in [0.15, 0.2) is 0 Å². The average molecular weight is 288 g/mol. The van der Waals surface area contributed by atoms with E-state index in [0.29, 0.717) is 5.03 Å². The van der Waals surface area contributed by atoms with Crippen molar-refractivity contribution < 1.29 is 4.79 Å². The van der Waals surface area contributed by atoms with E-state index in [9.17, 15) is 4.79 Å². The van der Waals surface area contributed by atoms with Gasteiger partial charge in [-0.1, -0.05) is 29.5 Å². The minimum atomic E-state index is -0.0753. The maximum atomic E-state index is 11.8. The molecule has 0 fully saturated rings. The van der Waals surface area contributed by atoms with E-state index in [-0.39, 0.29) is 17.6 Å². The Morgan fingerprint density at radius 2 is 1.95 bits per heavy atom. The SMILES string of the molecule is Cc1ccc(NC(=O)CSc2cc(C)nc(N)n2)cc1. The number of aromatic nitrogens is 2. The lowest BCUT2D eigenvalue weighted by Crippen LogP contribution is -2.14. The van der Waals surface area contributed by atoms with E-state index < -0.39 is 0 Å². The van der Waals surface area contributed by atoms with Gasteiger partial charge >= 0.3 is 0 Å². The van der Waals surface area contributed by atoms with Crippen molar-refractivity contribution in [2.24, 2.45) is 0 Å². The number of amides is 1. The zero-order chi connectivity index (χ0) is 14.5. The molecule has 0 atom stereocenters. The Morgan fingerprint density at radius 1 is 1.25 bits per heavy atom. The van der Waals surface area contributed by atoms with E-state index in [4.69, 9.17) is 5.73 Å². The largest absolute Gasteiger partial charge is 0.368 e. The van der Waals surface area contributed by atoms with Crippen molar-refractivity contribution in [3.8, 4) is 0 Å². The summed E-state index contributed by atoms with van der Waals surface area (Å²) in [6.07, 6.45) is 0. The van der Waals surface area contributed by atoms with E-state index in [1.807, 2.05) is 38.1 Å². The van der Waals surface area contributed by atoms with Crippen LogP contribution in [0.15, 0.2) is 35.4 Å². The van der Waals surface area contributed by atoms with Crippen molar-refractivity contribution >= 4 is 29.3 Å². The maximum Gasteiger partial charge on any atom is 0.234 e. The normalized spacial score (nSPS) is 10.3. The number of thioether (sulfide) groups is 1. The molecule has 3 N–H and O–H groups in total. The van der Waals surface area contributed by atoms with Gasteiger partial charge in [0.1, 0.15) is 5.03 Å². The molecular formula is C14H16N4OS. The van der Waals surface area contributed by atoms with Gasteiger partial charge in [0, 0.05) is 11.4 Å². The third kappa shape index (κ3) is 4.24. The van der Waals surface area contributed by atoms with Crippen LogP contribution in [-0.4, -0.2) is 21.6 Å². The molecule has 0 aliphatic carbocycles. The number of nitrogens with zero attached hydrogens (tertiary/aromatic N) is 2. The second-order valence-corrected chi connectivity index (χ2v) is 5.40. The van der Waals surface area contributed by atoms with Crippen LogP contribution in [-0.2, 0) is 4.79 Å². The summed E-state index contributed by atoms with van der Waals surface area (Å²) in [4.78, 5) is 19.9. The number of carbonyl (C=O) groups excluding carboxylic acids is 1. The molecule has 0 radical (unpaired) electrons. The summed E-state index contributed by atoms with van der Waals surface area (Å²) >= 11 is 1.34. The molecule has 104 valence electrons. The first-order valence-electron chi connectivity index (χ1n) is 6.13. The molecule has 0 bridgehead atoms. The molecule has 0 saturated heterocycles. The van der Waals surface area contributed by atoms with Crippen LogP contribution in [0.25, 0.3) is 0 Å². The standard InChI is InChI=1S/C14H16N4OS/c1-9-3-5-11(6-4-9)17-12(19)8-20-13-7-10(2)16-14(15)18-13/h3-7H,8H2,1-2H3,(H,17,19)(H2,15,16,18). The molecule has 1 aromatic carbocycles. The highest BCUT2D eigenvalue weighted by Crippen LogP contribution is 2.17. The Labute approximate surface area is 122 Å². The first-order chi connectivity index (χ1) is 9.52. The summed E-state index contributed by atoms with van der Waals surface area (Å²) in [7, 11) is 0. The molecule has 0 saturated carbocycles. The lowest BCUT2D eigenvalue weighted by Gasteiger charge is -2.06. The minimum Gasteiger partial charge on any atom is -0.368 e. The van der Waals surface area contributed by atoms with Crippen molar-refractivity contribution in [1.82, 2.24) is 9.97 Å². The molecule has 6 heteroatoms. The first-order valence-corrected chi connectivity index (χ1v) is 7.12. The minimum absolute atomic E-state index is 0.0753. The Kier molecular flexibility index (Phi) is 4.57. The molecule has 2 aromatic rings. The zero-order valence-corrected chi connectivity index (χ0v) is 12.2. The number of aryl methyl sites for hydroxylation is 2. The van der Waals surface area contributed by atoms with E-state index in [1.54, 1.807) is 6.07 Å². The molecular weight excluding hydrogens is 272 g/mol. The summed E-state index contributed by atoms with van der Waals surface area (Å²) in [5, 5.41) is 3.54. The van der Waals surface area contributed by atoms with Gasteiger partial charge in [0.2, 0.25) is 11.9 Å². The Morgan fingerprint density at radius 3 is 2.60 bits per heavy atom. The smallest absolute Gasteiger partial charge is 0.234 e. The average Bonchev–Trinajstić information content (AvgIpc) is 2.38. The summed E-state index contributed by atoms with van der Waals surface area (Å²) in [6, 6.07) is 9.48. The molecule has 5 nitrogen and oxygen atoms in total. The van der Waals surface area contributed by atoms with Crippen molar-refractivity contribution in [3.63, 3.8) is 0 Å². The third-order valence-electron chi connectivity index (χ3n) is 2.53. The number of nitrogen functional groups attached to an aromatic ring is 1. The van der Waals surface area contributed by atoms with Crippen molar-refractivity contribution in [2.75, 3.05) is 16.8 Å². The highest BCUT2D eigenvalue weighted by atomic mass is 32.2. The maximum absolute atomic E-state index is 11.8. The quantitative estimate of drug-likeness (QED) is 0.667. The Balaban J connectivity index is 1.90. The highest BCUT2D eigenvalue weighted by Gasteiger charge is 2.06. The molecule has 0 spiro atoms. The Bertz CT molecular complexity index is 593. The van der Waals surface area contributed by atoms with Gasteiger partial charge in [0.05, 0.1) is 5.75 Å². The van der Waals surface area contributed by atoms with Gasteiger partial charge in [-0.05, 0) is 32.0 Å². The molecule has 1 amide bonds. The van der Waals surface area contributed by atoms with Gasteiger partial charge in [-0.15, -0.1) is 0 Å². The van der Waals surface area contributed by atoms with Crippen LogP contribution in [0.1, 0.15) is 11.3 Å². The van der Waals surface area contributed by atoms with Gasteiger partial charge in [-0.3, -0.25) is 4.79 Å². The van der Waals surface area contributed by atoms with Crippen LogP contribution < -0.4 is 11.1 Å². The second kappa shape index (κ2) is 6.38. The molecule has 0 unspecified atom stereocenters. The number of rotatable bonds is 4. The summed E-state index contributed by atoms with van der Waals surface area (Å²) in [5.74, 6) is 0.434. The van der Waals surface area contributed by atoms with E-state index >= 15 is 0 Å². The summed E-state index contributed by atoms with van der Waals surface area (Å²) in [6.45, 7) is 3.85. The predicted molar refractivity (Wildman–Crippen MR) is 81.7 cm³/mol. The number of hydrogen-bond donors (Lipinski definition) is 2. The first kappa shape index (κ1) is 14.3. The van der Waals surface area contributed by atoms with Crippen molar-refractivity contribution in [2.45, 2.75) is 18.9 Å². The topological polar surface area (TPSA) is 80.9 Å². The van der Waals surface area contributed by atoms with Gasteiger partial charge in [0.25, 0.3) is 0 Å². The fourth-order valence-electron chi connectivity index (χ4n) is 1.61. The van der Waals surface area contributed by atoms with Crippen LogP contribution in [0.3, 0.4) is 0 Å². The number of carbonyl (C=O) groups is 1. The molecule has 2 rings (SSSR count). The molecule has 0 aliphatic rings. The number of anilines is 2. The number of nitrogens with two attached hydrogens (primary N) is 1. The summed E-state index contributed by atoms with van der Waals surface area (Å²) in [5.41, 5.74) is 8.31. The number of benzene rings is 1. The number of nitrogens with one attached hydrogen (secondary N) is 1. The molecule has 20 heavy (non-hydrogen) atoms. The van der Waals surface area contributed by atoms with E-state index in [0.717, 1.165) is 16.9 Å². The third-order valence-corrected chi connectivity index (χ3v) is 3.45. The monoisotopic (exact) mass is 288 g/mol. The van der Waals surface area contributed by atoms with E-state index in [1.165, 1.54) is 11.8 Å². The van der Waals surface area contributed by atoms with Gasteiger partial charge in [-0.2, -0.15) is 0 Å². The fourth-order valence-corrected chi connectivity index (χ4v) is 2.37. The predicted octanol–water partition coefficient (Wildman–Crippen LogP) is 2.41. The van der Waals surface area contributed by atoms with Crippen LogP contribution in [0, 0.1) is 13.8 Å². The van der Waals surface area contributed by atoms with Crippen molar-refractivity contribution in [1.29, 1.82) is 0 Å². The molecule has 0 aliphatic heterocycles. The highest BCUT2D eigenvalue weighted by molar-refractivity contribution is 7.99. The van der Waals surface area contributed by atoms with Crippen LogP contribution in [0.5, 0.6) is 0 Å². The zero-order valence-electron chi connectivity index (χ0n) is 11.4. The molecule has 1 heterocycles. The van der Waals surface area contributed by atoms with Crippen LogP contribution in [0.2, 0.25) is 0 Å². The van der Waals surface area contributed by atoms with Gasteiger partial charge in [-0.25, -0.2) is 9.97 Å². The number of hydrogen-bond acceptors (Lipinski definition) is 5. The van der Waals surface area contributed by atoms with Crippen LogP contribution in [0.4, 0.5) is 11.6 Å². The lowest BCUT2D eigenvalue weighted by atomic mass is 10.2. The molecule has 1 aromatic heterocycles. The fraction of sp³-hybridized carbons (Fsp3) is 0.214. The van der Waals surface area contributed by atoms with Crippen molar-refractivity contribution in [3.05, 3.63) is 41.6 Å². The van der Waals surface area contributed by atoms with E-state index in [2.05, 4.69) is 15.3 Å². The second-order valence-electron chi connectivity index (χ2n) is 4.41. The lowest BCUT2D eigenvalue weighted by molar-refractivity contribution is -0.113. The van der Waals surface area contributed by atoms with Crippen LogP contribution >= 0.6 is 11.8 Å². The van der Waals surface area contributed by atoms with Gasteiger partial charge < -0.3 is 11.1 Å². The summed E-state index contributed by atoms with van der Waals surface area (Å²) < 4.78 is 0.